The minimum Gasteiger partial charge on any atom is -0.459 e. The molecule has 0 spiro atoms. The molecular formula is C16H20N4O4. The van der Waals surface area contributed by atoms with Gasteiger partial charge in [-0.25, -0.2) is 0 Å². The predicted molar refractivity (Wildman–Crippen MR) is 85.5 cm³/mol. The van der Waals surface area contributed by atoms with Crippen LogP contribution in [0.15, 0.2) is 33.4 Å². The Morgan fingerprint density at radius 3 is 2.62 bits per heavy atom. The van der Waals surface area contributed by atoms with Gasteiger partial charge in [0.25, 0.3) is 5.91 Å². The number of hydrogen-bond donors (Lipinski definition) is 1. The lowest BCUT2D eigenvalue weighted by atomic mass is 10.2. The summed E-state index contributed by atoms with van der Waals surface area (Å²) >= 11 is 0. The van der Waals surface area contributed by atoms with E-state index in [1.807, 2.05) is 11.8 Å². The summed E-state index contributed by atoms with van der Waals surface area (Å²) in [5.74, 6) is 0.414. The number of amides is 2. The summed E-state index contributed by atoms with van der Waals surface area (Å²) in [5, 5.41) is 6.45. The highest BCUT2D eigenvalue weighted by atomic mass is 16.5. The van der Waals surface area contributed by atoms with Gasteiger partial charge in [-0.15, -0.1) is 0 Å². The van der Waals surface area contributed by atoms with Crippen LogP contribution >= 0.6 is 0 Å². The van der Waals surface area contributed by atoms with Crippen molar-refractivity contribution in [3.63, 3.8) is 0 Å². The van der Waals surface area contributed by atoms with Gasteiger partial charge < -0.3 is 13.8 Å². The highest BCUT2D eigenvalue weighted by Gasteiger charge is 2.29. The maximum Gasteiger partial charge on any atom is 0.289 e. The normalized spacial score (nSPS) is 16.8. The zero-order valence-corrected chi connectivity index (χ0v) is 13.7. The number of anilines is 1. The summed E-state index contributed by atoms with van der Waals surface area (Å²) in [6, 6.07) is 4.70. The maximum atomic E-state index is 12.3. The zero-order chi connectivity index (χ0) is 17.1. The highest BCUT2D eigenvalue weighted by molar-refractivity contribution is 5.93. The number of hydrogen-bond acceptors (Lipinski definition) is 6. The average Bonchev–Trinajstić information content (AvgIpc) is 3.25. The molecule has 0 aromatic carbocycles. The molecule has 8 nitrogen and oxygen atoms in total. The van der Waals surface area contributed by atoms with Crippen LogP contribution in [0.2, 0.25) is 0 Å². The standard InChI is InChI=1S/C16H20N4O4/c1-11-10-14(24-18-11)17-15(21)12(2)19-5-7-20(8-6-19)16(22)13-4-3-9-23-13/h3-4,9-10,12H,5-8H2,1-2H3,(H,17,21). The van der Waals surface area contributed by atoms with Crippen LogP contribution in [-0.2, 0) is 4.79 Å². The Labute approximate surface area is 139 Å². The molecular weight excluding hydrogens is 312 g/mol. The van der Waals surface area contributed by atoms with Crippen LogP contribution in [0.4, 0.5) is 5.88 Å². The maximum absolute atomic E-state index is 12.3. The number of piperazine rings is 1. The van der Waals surface area contributed by atoms with E-state index in [-0.39, 0.29) is 17.9 Å². The Kier molecular flexibility index (Phi) is 4.66. The quantitative estimate of drug-likeness (QED) is 0.909. The first-order chi connectivity index (χ1) is 11.5. The topological polar surface area (TPSA) is 91.8 Å². The molecule has 1 aliphatic heterocycles. The largest absolute Gasteiger partial charge is 0.459 e. The van der Waals surface area contributed by atoms with E-state index in [0.29, 0.717) is 43.5 Å². The molecule has 1 aliphatic rings. The van der Waals surface area contributed by atoms with E-state index in [2.05, 4.69) is 10.5 Å². The van der Waals surface area contributed by atoms with Gasteiger partial charge >= 0.3 is 0 Å². The fourth-order valence-corrected chi connectivity index (χ4v) is 2.68. The third-order valence-corrected chi connectivity index (χ3v) is 4.13. The van der Waals surface area contributed by atoms with Gasteiger partial charge in [0.15, 0.2) is 5.76 Å². The van der Waals surface area contributed by atoms with E-state index in [1.165, 1.54) is 6.26 Å². The SMILES string of the molecule is Cc1cc(NC(=O)C(C)N2CCN(C(=O)c3ccco3)CC2)on1. The van der Waals surface area contributed by atoms with Crippen LogP contribution in [-0.4, -0.2) is 59.0 Å². The summed E-state index contributed by atoms with van der Waals surface area (Å²) < 4.78 is 10.1. The minimum atomic E-state index is -0.323. The lowest BCUT2D eigenvalue weighted by Crippen LogP contribution is -2.54. The first-order valence-corrected chi connectivity index (χ1v) is 7.85. The predicted octanol–water partition coefficient (Wildman–Crippen LogP) is 1.36. The third-order valence-electron chi connectivity index (χ3n) is 4.13. The summed E-state index contributed by atoms with van der Waals surface area (Å²) in [6.45, 7) is 5.98. The number of nitrogens with one attached hydrogen (secondary N) is 1. The number of nitrogens with zero attached hydrogens (tertiary/aromatic N) is 3. The second-order valence-electron chi connectivity index (χ2n) is 5.80. The molecule has 128 valence electrons. The Morgan fingerprint density at radius 2 is 2.04 bits per heavy atom. The summed E-state index contributed by atoms with van der Waals surface area (Å²) in [7, 11) is 0. The fraction of sp³-hybridized carbons (Fsp3) is 0.438. The number of carbonyl (C=O) groups excluding carboxylic acids is 2. The molecule has 1 saturated heterocycles. The van der Waals surface area contributed by atoms with Gasteiger partial charge in [0.05, 0.1) is 18.0 Å². The van der Waals surface area contributed by atoms with E-state index in [0.717, 1.165) is 0 Å². The Hall–Kier alpha value is -2.61. The first-order valence-electron chi connectivity index (χ1n) is 7.85. The van der Waals surface area contributed by atoms with Gasteiger partial charge in [0.2, 0.25) is 11.8 Å². The minimum absolute atomic E-state index is 0.117. The molecule has 1 atom stereocenters. The second-order valence-corrected chi connectivity index (χ2v) is 5.80. The highest BCUT2D eigenvalue weighted by Crippen LogP contribution is 2.13. The van der Waals surface area contributed by atoms with Crippen molar-refractivity contribution in [2.24, 2.45) is 0 Å². The summed E-state index contributed by atoms with van der Waals surface area (Å²) in [4.78, 5) is 28.3. The summed E-state index contributed by atoms with van der Waals surface area (Å²) in [5.41, 5.74) is 0.711. The average molecular weight is 332 g/mol. The monoisotopic (exact) mass is 332 g/mol. The molecule has 2 aromatic rings. The van der Waals surface area contributed by atoms with Gasteiger partial charge in [0.1, 0.15) is 0 Å². The van der Waals surface area contributed by atoms with Crippen LogP contribution in [0.25, 0.3) is 0 Å². The van der Waals surface area contributed by atoms with Gasteiger partial charge in [-0.2, -0.15) is 0 Å². The van der Waals surface area contributed by atoms with Crippen molar-refractivity contribution < 1.29 is 18.5 Å². The van der Waals surface area contributed by atoms with Crippen molar-refractivity contribution in [2.75, 3.05) is 31.5 Å². The van der Waals surface area contributed by atoms with E-state index >= 15 is 0 Å². The van der Waals surface area contributed by atoms with Crippen molar-refractivity contribution in [1.29, 1.82) is 0 Å². The van der Waals surface area contributed by atoms with Crippen LogP contribution < -0.4 is 5.32 Å². The van der Waals surface area contributed by atoms with Crippen LogP contribution in [0.3, 0.4) is 0 Å². The molecule has 0 bridgehead atoms. The number of aryl methyl sites for hydroxylation is 1. The molecule has 1 unspecified atom stereocenters. The molecule has 3 heterocycles. The Morgan fingerprint density at radius 1 is 1.29 bits per heavy atom. The third kappa shape index (κ3) is 3.48. The van der Waals surface area contributed by atoms with Crippen molar-refractivity contribution in [1.82, 2.24) is 15.0 Å². The second kappa shape index (κ2) is 6.88. The molecule has 24 heavy (non-hydrogen) atoms. The Bertz CT molecular complexity index is 701. The number of aromatic nitrogens is 1. The molecule has 0 radical (unpaired) electrons. The van der Waals surface area contributed by atoms with Crippen LogP contribution in [0.5, 0.6) is 0 Å². The van der Waals surface area contributed by atoms with E-state index in [4.69, 9.17) is 8.94 Å². The number of furan rings is 1. The zero-order valence-electron chi connectivity index (χ0n) is 13.7. The van der Waals surface area contributed by atoms with E-state index in [1.54, 1.807) is 30.0 Å². The number of carbonyl (C=O) groups is 2. The molecule has 8 heteroatoms. The molecule has 1 fully saturated rings. The van der Waals surface area contributed by atoms with E-state index < -0.39 is 0 Å². The van der Waals surface area contributed by atoms with Crippen LogP contribution in [0.1, 0.15) is 23.2 Å². The molecule has 3 rings (SSSR count). The van der Waals surface area contributed by atoms with Crippen molar-refractivity contribution >= 4 is 17.7 Å². The fourth-order valence-electron chi connectivity index (χ4n) is 2.68. The smallest absolute Gasteiger partial charge is 0.289 e. The van der Waals surface area contributed by atoms with Crippen LogP contribution in [0, 0.1) is 6.92 Å². The number of rotatable bonds is 4. The van der Waals surface area contributed by atoms with Crippen molar-refractivity contribution in [3.8, 4) is 0 Å². The Balaban J connectivity index is 1.52. The first kappa shape index (κ1) is 16.3. The van der Waals surface area contributed by atoms with Crippen molar-refractivity contribution in [2.45, 2.75) is 19.9 Å². The molecule has 0 saturated carbocycles. The lowest BCUT2D eigenvalue weighted by molar-refractivity contribution is -0.121. The molecule has 1 N–H and O–H groups in total. The van der Waals surface area contributed by atoms with E-state index in [9.17, 15) is 9.59 Å². The molecule has 0 aliphatic carbocycles. The van der Waals surface area contributed by atoms with Gasteiger partial charge in [-0.3, -0.25) is 19.8 Å². The van der Waals surface area contributed by atoms with Gasteiger partial charge in [0, 0.05) is 32.2 Å². The molecule has 2 amide bonds. The van der Waals surface area contributed by atoms with Crippen molar-refractivity contribution in [3.05, 3.63) is 35.9 Å². The van der Waals surface area contributed by atoms with Gasteiger partial charge in [-0.1, -0.05) is 5.16 Å². The lowest BCUT2D eigenvalue weighted by Gasteiger charge is -2.36. The molecule has 2 aromatic heterocycles. The summed E-state index contributed by atoms with van der Waals surface area (Å²) in [6.07, 6.45) is 1.49. The van der Waals surface area contributed by atoms with Gasteiger partial charge in [-0.05, 0) is 26.0 Å².